The van der Waals surface area contributed by atoms with E-state index in [-0.39, 0.29) is 0 Å². The number of halogens is 1. The highest BCUT2D eigenvalue weighted by atomic mass is 79.9. The van der Waals surface area contributed by atoms with Crippen LogP contribution in [-0.4, -0.2) is 19.3 Å². The zero-order valence-electron chi connectivity index (χ0n) is 11.7. The number of hydrogen-bond donors (Lipinski definition) is 1. The first-order valence-electron chi connectivity index (χ1n) is 7.40. The normalized spacial score (nSPS) is 20.6. The zero-order valence-corrected chi connectivity index (χ0v) is 13.3. The third kappa shape index (κ3) is 4.59. The number of ether oxygens (including phenoxy) is 1. The average molecular weight is 326 g/mol. The number of nitrogens with one attached hydrogen (secondary N) is 1. The lowest BCUT2D eigenvalue weighted by Gasteiger charge is -2.21. The molecule has 0 bridgehead atoms. The molecule has 0 amide bonds. The maximum Gasteiger partial charge on any atom is 0.0576 e. The highest BCUT2D eigenvalue weighted by molar-refractivity contribution is 9.10. The molecule has 106 valence electrons. The molecular formula is C16H24BrNO. The van der Waals surface area contributed by atoms with E-state index in [1.807, 2.05) is 0 Å². The highest BCUT2D eigenvalue weighted by Crippen LogP contribution is 2.28. The molecule has 0 aliphatic carbocycles. The zero-order chi connectivity index (χ0) is 13.5. The van der Waals surface area contributed by atoms with E-state index in [0.717, 1.165) is 26.0 Å². The summed E-state index contributed by atoms with van der Waals surface area (Å²) >= 11 is 3.67. The van der Waals surface area contributed by atoms with Gasteiger partial charge >= 0.3 is 0 Å². The van der Waals surface area contributed by atoms with E-state index in [1.165, 1.54) is 29.3 Å². The van der Waals surface area contributed by atoms with Gasteiger partial charge in [-0.05, 0) is 50.3 Å². The molecule has 19 heavy (non-hydrogen) atoms. The fourth-order valence-electron chi connectivity index (χ4n) is 2.67. The second-order valence-electron chi connectivity index (χ2n) is 5.24. The molecule has 3 heteroatoms. The minimum atomic E-state index is 0.430. The summed E-state index contributed by atoms with van der Waals surface area (Å²) in [7, 11) is 0. The number of hydrogen-bond acceptors (Lipinski definition) is 2. The van der Waals surface area contributed by atoms with Crippen LogP contribution in [0.4, 0.5) is 0 Å². The second-order valence-corrected chi connectivity index (χ2v) is 6.09. The van der Waals surface area contributed by atoms with Crippen molar-refractivity contribution in [2.75, 3.05) is 13.2 Å². The Hall–Kier alpha value is -0.380. The van der Waals surface area contributed by atoms with Crippen molar-refractivity contribution in [1.82, 2.24) is 5.32 Å². The largest absolute Gasteiger partial charge is 0.378 e. The Morgan fingerprint density at radius 1 is 1.42 bits per heavy atom. The molecule has 1 heterocycles. The van der Waals surface area contributed by atoms with Crippen molar-refractivity contribution in [1.29, 1.82) is 0 Å². The van der Waals surface area contributed by atoms with Crippen LogP contribution in [0.5, 0.6) is 0 Å². The van der Waals surface area contributed by atoms with Gasteiger partial charge in [-0.1, -0.05) is 41.1 Å². The first-order valence-corrected chi connectivity index (χ1v) is 8.20. The molecule has 2 nitrogen and oxygen atoms in total. The van der Waals surface area contributed by atoms with E-state index < -0.39 is 0 Å². The summed E-state index contributed by atoms with van der Waals surface area (Å²) in [5.74, 6) is 0. The van der Waals surface area contributed by atoms with Gasteiger partial charge in [-0.25, -0.2) is 0 Å². The van der Waals surface area contributed by atoms with Crippen molar-refractivity contribution in [2.24, 2.45) is 0 Å². The molecule has 1 aromatic carbocycles. The summed E-state index contributed by atoms with van der Waals surface area (Å²) in [6.07, 6.45) is 6.41. The molecular weight excluding hydrogens is 302 g/mol. The third-order valence-electron chi connectivity index (χ3n) is 3.72. The van der Waals surface area contributed by atoms with Gasteiger partial charge in [-0.2, -0.15) is 0 Å². The summed E-state index contributed by atoms with van der Waals surface area (Å²) in [6, 6.07) is 8.96. The lowest BCUT2D eigenvalue weighted by molar-refractivity contribution is 0.0995. The lowest BCUT2D eigenvalue weighted by Crippen LogP contribution is -2.23. The van der Waals surface area contributed by atoms with Crippen LogP contribution in [0.1, 0.15) is 50.6 Å². The predicted octanol–water partition coefficient (Wildman–Crippen LogP) is 4.45. The molecule has 2 unspecified atom stereocenters. The van der Waals surface area contributed by atoms with Crippen LogP contribution in [0.15, 0.2) is 28.7 Å². The highest BCUT2D eigenvalue weighted by Gasteiger charge is 2.19. The lowest BCUT2D eigenvalue weighted by atomic mass is 9.99. The first-order chi connectivity index (χ1) is 9.31. The molecule has 2 atom stereocenters. The van der Waals surface area contributed by atoms with Crippen LogP contribution in [0.2, 0.25) is 0 Å². The first kappa shape index (κ1) is 15.0. The average Bonchev–Trinajstić information content (AvgIpc) is 2.93. The van der Waals surface area contributed by atoms with E-state index in [0.29, 0.717) is 12.1 Å². The van der Waals surface area contributed by atoms with E-state index in [4.69, 9.17) is 4.74 Å². The summed E-state index contributed by atoms with van der Waals surface area (Å²) in [4.78, 5) is 0. The monoisotopic (exact) mass is 325 g/mol. The van der Waals surface area contributed by atoms with Gasteiger partial charge < -0.3 is 10.1 Å². The fourth-order valence-corrected chi connectivity index (χ4v) is 3.23. The van der Waals surface area contributed by atoms with Crippen molar-refractivity contribution in [2.45, 2.75) is 51.2 Å². The molecule has 0 radical (unpaired) electrons. The van der Waals surface area contributed by atoms with Gasteiger partial charge in [0.15, 0.2) is 0 Å². The molecule has 1 aliphatic heterocycles. The van der Waals surface area contributed by atoms with E-state index >= 15 is 0 Å². The molecule has 1 aliphatic rings. The summed E-state index contributed by atoms with van der Waals surface area (Å²) in [6.45, 7) is 4.23. The Morgan fingerprint density at radius 2 is 2.26 bits per heavy atom. The predicted molar refractivity (Wildman–Crippen MR) is 83.4 cm³/mol. The smallest absolute Gasteiger partial charge is 0.0576 e. The van der Waals surface area contributed by atoms with Gasteiger partial charge in [0.25, 0.3) is 0 Å². The van der Waals surface area contributed by atoms with E-state index in [9.17, 15) is 0 Å². The molecule has 1 aromatic rings. The standard InChI is InChI=1S/C16H24BrNO/c1-2-11-18-16(10-9-13-6-5-12-19-13)14-7-3-4-8-15(14)17/h3-4,7-8,13,16,18H,2,5-6,9-12H2,1H3. The van der Waals surface area contributed by atoms with Gasteiger partial charge in [0.05, 0.1) is 6.10 Å². The maximum absolute atomic E-state index is 5.73. The van der Waals surface area contributed by atoms with Crippen LogP contribution in [0.25, 0.3) is 0 Å². The van der Waals surface area contributed by atoms with Crippen molar-refractivity contribution in [3.63, 3.8) is 0 Å². The van der Waals surface area contributed by atoms with Crippen LogP contribution < -0.4 is 5.32 Å². The summed E-state index contributed by atoms with van der Waals surface area (Å²) in [5, 5.41) is 3.66. The van der Waals surface area contributed by atoms with Crippen LogP contribution >= 0.6 is 15.9 Å². The summed E-state index contributed by atoms with van der Waals surface area (Å²) in [5.41, 5.74) is 1.37. The Labute approximate surface area is 125 Å². The van der Waals surface area contributed by atoms with Crippen LogP contribution in [0.3, 0.4) is 0 Å². The van der Waals surface area contributed by atoms with E-state index in [2.05, 4.69) is 52.4 Å². The van der Waals surface area contributed by atoms with Gasteiger partial charge in [0.1, 0.15) is 0 Å². The third-order valence-corrected chi connectivity index (χ3v) is 4.44. The van der Waals surface area contributed by atoms with Gasteiger partial charge in [0, 0.05) is 17.1 Å². The van der Waals surface area contributed by atoms with Crippen molar-refractivity contribution in [3.05, 3.63) is 34.3 Å². The van der Waals surface area contributed by atoms with Gasteiger partial charge in [-0.3, -0.25) is 0 Å². The Morgan fingerprint density at radius 3 is 2.95 bits per heavy atom. The topological polar surface area (TPSA) is 21.3 Å². The quantitative estimate of drug-likeness (QED) is 0.799. The molecule has 0 spiro atoms. The Balaban J connectivity index is 1.96. The van der Waals surface area contributed by atoms with Crippen LogP contribution in [-0.2, 0) is 4.74 Å². The molecule has 1 saturated heterocycles. The van der Waals surface area contributed by atoms with E-state index in [1.54, 1.807) is 0 Å². The molecule has 0 saturated carbocycles. The molecule has 1 N–H and O–H groups in total. The fraction of sp³-hybridized carbons (Fsp3) is 0.625. The summed E-state index contributed by atoms with van der Waals surface area (Å²) < 4.78 is 6.94. The van der Waals surface area contributed by atoms with Gasteiger partial charge in [-0.15, -0.1) is 0 Å². The SMILES string of the molecule is CCCNC(CCC1CCCO1)c1ccccc1Br. The number of rotatable bonds is 7. The molecule has 2 rings (SSSR count). The van der Waals surface area contributed by atoms with Crippen molar-refractivity contribution >= 4 is 15.9 Å². The van der Waals surface area contributed by atoms with Crippen molar-refractivity contribution < 1.29 is 4.74 Å². The molecule has 0 aromatic heterocycles. The minimum absolute atomic E-state index is 0.430. The maximum atomic E-state index is 5.73. The second kappa shape index (κ2) is 8.03. The Bertz CT molecular complexity index is 377. The molecule has 1 fully saturated rings. The van der Waals surface area contributed by atoms with Gasteiger partial charge in [0.2, 0.25) is 0 Å². The Kier molecular flexibility index (Phi) is 6.35. The van der Waals surface area contributed by atoms with Crippen LogP contribution in [0, 0.1) is 0 Å². The number of benzene rings is 1. The van der Waals surface area contributed by atoms with Crippen molar-refractivity contribution in [3.8, 4) is 0 Å². The minimum Gasteiger partial charge on any atom is -0.378 e.